The van der Waals surface area contributed by atoms with E-state index in [4.69, 9.17) is 0 Å². The smallest absolute Gasteiger partial charge is 0.272 e. The maximum atomic E-state index is 12.5. The minimum absolute atomic E-state index is 0.0528. The molecule has 0 saturated carbocycles. The van der Waals surface area contributed by atoms with Crippen LogP contribution in [-0.2, 0) is 6.42 Å². The molecular weight excluding hydrogens is 336 g/mol. The molecule has 0 bridgehead atoms. The Morgan fingerprint density at radius 3 is 2.70 bits per heavy atom. The van der Waals surface area contributed by atoms with Crippen LogP contribution >= 0.6 is 0 Å². The number of nitrogens with zero attached hydrogens (tertiary/aromatic N) is 3. The minimum Gasteiger partial charge on any atom is -0.383 e. The van der Waals surface area contributed by atoms with Crippen molar-refractivity contribution in [2.24, 2.45) is 0 Å². The number of pyridine rings is 2. The lowest BCUT2D eigenvalue weighted by atomic mass is 9.97. The lowest BCUT2D eigenvalue weighted by Gasteiger charge is -2.17. The lowest BCUT2D eigenvalue weighted by molar-refractivity contribution is 0.0791. The van der Waals surface area contributed by atoms with Crippen LogP contribution in [0.1, 0.15) is 48.2 Å². The molecule has 142 valence electrons. The molecule has 0 aromatic carbocycles. The largest absolute Gasteiger partial charge is 0.383 e. The van der Waals surface area contributed by atoms with Crippen molar-refractivity contribution in [3.8, 4) is 0 Å². The van der Waals surface area contributed by atoms with Crippen molar-refractivity contribution in [2.75, 3.05) is 25.5 Å². The van der Waals surface area contributed by atoms with Crippen LogP contribution in [0.2, 0.25) is 0 Å². The molecule has 0 fully saturated rings. The van der Waals surface area contributed by atoms with Crippen molar-refractivity contribution in [2.45, 2.75) is 38.5 Å². The molecule has 1 amide bonds. The second kappa shape index (κ2) is 9.86. The first-order valence-corrected chi connectivity index (χ1v) is 9.74. The van der Waals surface area contributed by atoms with Crippen LogP contribution < -0.4 is 5.32 Å². The molecule has 2 aromatic rings. The number of rotatable bonds is 8. The van der Waals surface area contributed by atoms with E-state index in [0.717, 1.165) is 25.1 Å². The molecule has 1 aliphatic rings. The van der Waals surface area contributed by atoms with Crippen molar-refractivity contribution in [3.63, 3.8) is 0 Å². The fourth-order valence-corrected chi connectivity index (χ4v) is 3.27. The van der Waals surface area contributed by atoms with E-state index in [1.807, 2.05) is 25.2 Å². The normalized spacial score (nSPS) is 13.7. The summed E-state index contributed by atoms with van der Waals surface area (Å²) in [6, 6.07) is 7.68. The van der Waals surface area contributed by atoms with Crippen molar-refractivity contribution in [1.82, 2.24) is 14.9 Å². The number of carbonyl (C=O) groups excluding carboxylic acids is 1. The van der Waals surface area contributed by atoms with Crippen LogP contribution in [0.4, 0.5) is 5.69 Å². The SMILES string of the molecule is CN(CCc1ccncc1)C(=O)c1ccc(NCCC2=CCCCC2)cn1. The van der Waals surface area contributed by atoms with Crippen molar-refractivity contribution in [3.05, 3.63) is 65.8 Å². The molecule has 0 unspecified atom stereocenters. The van der Waals surface area contributed by atoms with Crippen LogP contribution in [0, 0.1) is 0 Å². The summed E-state index contributed by atoms with van der Waals surface area (Å²) in [5, 5.41) is 3.40. The standard InChI is InChI=1S/C22H28N4O/c1-26(16-12-19-9-13-23-14-10-19)22(27)21-8-7-20(17-25-21)24-15-11-18-5-3-2-4-6-18/h5,7-10,13-14,17,24H,2-4,6,11-12,15-16H2,1H3. The quantitative estimate of drug-likeness (QED) is 0.717. The number of hydrogen-bond acceptors (Lipinski definition) is 4. The Kier molecular flexibility index (Phi) is 6.97. The zero-order valence-corrected chi connectivity index (χ0v) is 16.0. The second-order valence-corrected chi connectivity index (χ2v) is 7.05. The van der Waals surface area contributed by atoms with E-state index < -0.39 is 0 Å². The van der Waals surface area contributed by atoms with Crippen LogP contribution in [0.15, 0.2) is 54.5 Å². The number of aromatic nitrogens is 2. The number of carbonyl (C=O) groups is 1. The monoisotopic (exact) mass is 364 g/mol. The molecule has 2 aromatic heterocycles. The van der Waals surface area contributed by atoms with Gasteiger partial charge in [-0.25, -0.2) is 4.98 Å². The highest BCUT2D eigenvalue weighted by Gasteiger charge is 2.13. The van der Waals surface area contributed by atoms with Gasteiger partial charge in [-0.3, -0.25) is 9.78 Å². The fraction of sp³-hybridized carbons (Fsp3) is 0.409. The van der Waals surface area contributed by atoms with E-state index in [2.05, 4.69) is 21.4 Å². The van der Waals surface area contributed by atoms with Gasteiger partial charge < -0.3 is 10.2 Å². The molecule has 27 heavy (non-hydrogen) atoms. The summed E-state index contributed by atoms with van der Waals surface area (Å²) in [5.74, 6) is -0.0528. The van der Waals surface area contributed by atoms with E-state index >= 15 is 0 Å². The number of anilines is 1. The Balaban J connectivity index is 1.45. The van der Waals surface area contributed by atoms with Gasteiger partial charge in [0.05, 0.1) is 11.9 Å². The summed E-state index contributed by atoms with van der Waals surface area (Å²) in [6.07, 6.45) is 14.7. The van der Waals surface area contributed by atoms with Gasteiger partial charge in [0.15, 0.2) is 0 Å². The van der Waals surface area contributed by atoms with E-state index in [0.29, 0.717) is 12.2 Å². The molecule has 5 heteroatoms. The molecule has 0 atom stereocenters. The van der Waals surface area contributed by atoms with Crippen molar-refractivity contribution >= 4 is 11.6 Å². The second-order valence-electron chi connectivity index (χ2n) is 7.05. The van der Waals surface area contributed by atoms with Crippen molar-refractivity contribution < 1.29 is 4.79 Å². The Bertz CT molecular complexity index is 756. The highest BCUT2D eigenvalue weighted by Crippen LogP contribution is 2.20. The maximum Gasteiger partial charge on any atom is 0.272 e. The molecule has 0 aliphatic heterocycles. The van der Waals surface area contributed by atoms with Gasteiger partial charge in [-0.2, -0.15) is 0 Å². The predicted octanol–water partition coefficient (Wildman–Crippen LogP) is 4.09. The Labute approximate surface area is 161 Å². The van der Waals surface area contributed by atoms with Gasteiger partial charge in [-0.05, 0) is 68.4 Å². The summed E-state index contributed by atoms with van der Waals surface area (Å²) >= 11 is 0. The van der Waals surface area contributed by atoms with Gasteiger partial charge in [0.25, 0.3) is 5.91 Å². The molecular formula is C22H28N4O. The van der Waals surface area contributed by atoms with E-state index in [-0.39, 0.29) is 5.91 Å². The fourth-order valence-electron chi connectivity index (χ4n) is 3.27. The first kappa shape index (κ1) is 19.1. The zero-order valence-electron chi connectivity index (χ0n) is 16.0. The molecule has 3 rings (SSSR count). The highest BCUT2D eigenvalue weighted by molar-refractivity contribution is 5.92. The van der Waals surface area contributed by atoms with Gasteiger partial charge in [0.2, 0.25) is 0 Å². The first-order chi connectivity index (χ1) is 13.2. The van der Waals surface area contributed by atoms with Gasteiger partial charge in [0.1, 0.15) is 5.69 Å². The Hall–Kier alpha value is -2.69. The van der Waals surface area contributed by atoms with E-state index in [9.17, 15) is 4.79 Å². The van der Waals surface area contributed by atoms with Gasteiger partial charge in [0, 0.05) is 32.5 Å². The molecule has 2 heterocycles. The van der Waals surface area contributed by atoms with E-state index in [1.54, 1.807) is 35.1 Å². The molecule has 5 nitrogen and oxygen atoms in total. The van der Waals surface area contributed by atoms with Crippen LogP contribution in [0.25, 0.3) is 0 Å². The Morgan fingerprint density at radius 1 is 1.15 bits per heavy atom. The topological polar surface area (TPSA) is 58.1 Å². The van der Waals surface area contributed by atoms with E-state index in [1.165, 1.54) is 31.2 Å². The average Bonchev–Trinajstić information content (AvgIpc) is 2.73. The highest BCUT2D eigenvalue weighted by atomic mass is 16.2. The summed E-state index contributed by atoms with van der Waals surface area (Å²) in [7, 11) is 1.81. The summed E-state index contributed by atoms with van der Waals surface area (Å²) in [4.78, 5) is 22.6. The lowest BCUT2D eigenvalue weighted by Crippen LogP contribution is -2.29. The summed E-state index contributed by atoms with van der Waals surface area (Å²) in [5.41, 5.74) is 4.17. The number of amides is 1. The van der Waals surface area contributed by atoms with Gasteiger partial charge in [-0.15, -0.1) is 0 Å². The third-order valence-electron chi connectivity index (χ3n) is 4.97. The molecule has 0 saturated heterocycles. The number of likely N-dealkylation sites (N-methyl/N-ethyl adjacent to an activating group) is 1. The van der Waals surface area contributed by atoms with Crippen LogP contribution in [-0.4, -0.2) is 40.9 Å². The van der Waals surface area contributed by atoms with Crippen LogP contribution in [0.5, 0.6) is 0 Å². The zero-order chi connectivity index (χ0) is 18.9. The number of hydrogen-bond donors (Lipinski definition) is 1. The third-order valence-corrected chi connectivity index (χ3v) is 4.97. The van der Waals surface area contributed by atoms with Crippen molar-refractivity contribution in [1.29, 1.82) is 0 Å². The maximum absolute atomic E-state index is 12.5. The molecule has 0 spiro atoms. The summed E-state index contributed by atoms with van der Waals surface area (Å²) < 4.78 is 0. The first-order valence-electron chi connectivity index (χ1n) is 9.74. The molecule has 0 radical (unpaired) electrons. The molecule has 1 N–H and O–H groups in total. The average molecular weight is 364 g/mol. The molecule has 1 aliphatic carbocycles. The third kappa shape index (κ3) is 5.91. The predicted molar refractivity (Wildman–Crippen MR) is 109 cm³/mol. The number of nitrogens with one attached hydrogen (secondary N) is 1. The Morgan fingerprint density at radius 2 is 2.00 bits per heavy atom. The van der Waals surface area contributed by atoms with Gasteiger partial charge >= 0.3 is 0 Å². The minimum atomic E-state index is -0.0528. The van der Waals surface area contributed by atoms with Crippen LogP contribution in [0.3, 0.4) is 0 Å². The summed E-state index contributed by atoms with van der Waals surface area (Å²) in [6.45, 7) is 1.56. The van der Waals surface area contributed by atoms with Gasteiger partial charge in [-0.1, -0.05) is 11.6 Å². The number of allylic oxidation sites excluding steroid dienone is 1.